The van der Waals surface area contributed by atoms with Gasteiger partial charge in [-0.05, 0) is 64.4 Å². The van der Waals surface area contributed by atoms with Gasteiger partial charge in [-0.15, -0.1) is 24.5 Å². The highest BCUT2D eigenvalue weighted by molar-refractivity contribution is 7.17. The SMILES string of the molecule is Cc1nc(-c2cccc(OC(F)(F)F)c2)sc1C(=O)NCCCCN1CCCC1. The number of nitrogens with one attached hydrogen (secondary N) is 1. The quantitative estimate of drug-likeness (QED) is 0.625. The third-order valence-electron chi connectivity index (χ3n) is 4.70. The summed E-state index contributed by atoms with van der Waals surface area (Å²) in [6, 6.07) is 5.60. The van der Waals surface area contributed by atoms with E-state index in [9.17, 15) is 18.0 Å². The van der Waals surface area contributed by atoms with E-state index in [4.69, 9.17) is 0 Å². The van der Waals surface area contributed by atoms with Crippen LogP contribution >= 0.6 is 11.3 Å². The molecule has 1 aromatic carbocycles. The first-order chi connectivity index (χ1) is 13.8. The number of unbranched alkanes of at least 4 members (excludes halogenated alkanes) is 1. The van der Waals surface area contributed by atoms with Crippen molar-refractivity contribution in [2.45, 2.75) is 39.0 Å². The summed E-state index contributed by atoms with van der Waals surface area (Å²) in [4.78, 5) is 19.7. The summed E-state index contributed by atoms with van der Waals surface area (Å²) in [5, 5.41) is 3.39. The summed E-state index contributed by atoms with van der Waals surface area (Å²) in [6.45, 7) is 5.72. The molecule has 1 N–H and O–H groups in total. The predicted octanol–water partition coefficient (Wildman–Crippen LogP) is 4.62. The van der Waals surface area contributed by atoms with Crippen molar-refractivity contribution in [1.29, 1.82) is 0 Å². The van der Waals surface area contributed by atoms with Gasteiger partial charge < -0.3 is 15.0 Å². The van der Waals surface area contributed by atoms with Gasteiger partial charge in [-0.2, -0.15) is 0 Å². The normalized spacial score (nSPS) is 14.9. The highest BCUT2D eigenvalue weighted by atomic mass is 32.1. The van der Waals surface area contributed by atoms with Gasteiger partial charge in [0.2, 0.25) is 0 Å². The van der Waals surface area contributed by atoms with Crippen molar-refractivity contribution in [3.05, 3.63) is 34.8 Å². The van der Waals surface area contributed by atoms with Crippen molar-refractivity contribution in [2.24, 2.45) is 0 Å². The molecule has 1 aromatic heterocycles. The lowest BCUT2D eigenvalue weighted by Gasteiger charge is -2.13. The van der Waals surface area contributed by atoms with E-state index >= 15 is 0 Å². The average molecular weight is 427 g/mol. The molecule has 29 heavy (non-hydrogen) atoms. The molecule has 0 unspecified atom stereocenters. The Labute approximate surface area is 171 Å². The summed E-state index contributed by atoms with van der Waals surface area (Å²) < 4.78 is 41.2. The van der Waals surface area contributed by atoms with Crippen molar-refractivity contribution in [2.75, 3.05) is 26.2 Å². The Morgan fingerprint density at radius 1 is 1.28 bits per heavy atom. The largest absolute Gasteiger partial charge is 0.573 e. The van der Waals surface area contributed by atoms with Crippen LogP contribution in [-0.4, -0.2) is 48.3 Å². The summed E-state index contributed by atoms with van der Waals surface area (Å²) >= 11 is 1.16. The predicted molar refractivity (Wildman–Crippen MR) is 106 cm³/mol. The number of ether oxygens (including phenoxy) is 1. The molecule has 5 nitrogen and oxygen atoms in total. The summed E-state index contributed by atoms with van der Waals surface area (Å²) in [7, 11) is 0. The Morgan fingerprint density at radius 3 is 2.76 bits per heavy atom. The molecule has 1 amide bonds. The van der Waals surface area contributed by atoms with Crippen LogP contribution in [0.25, 0.3) is 10.6 Å². The molecule has 0 atom stereocenters. The summed E-state index contributed by atoms with van der Waals surface area (Å²) in [5.41, 5.74) is 1.03. The zero-order chi connectivity index (χ0) is 20.9. The van der Waals surface area contributed by atoms with E-state index in [1.54, 1.807) is 13.0 Å². The van der Waals surface area contributed by atoms with Crippen LogP contribution in [-0.2, 0) is 0 Å². The van der Waals surface area contributed by atoms with Gasteiger partial charge in [0.15, 0.2) is 0 Å². The lowest BCUT2D eigenvalue weighted by molar-refractivity contribution is -0.274. The number of benzene rings is 1. The lowest BCUT2D eigenvalue weighted by atomic mass is 10.2. The molecule has 1 aliphatic rings. The maximum atomic E-state index is 12.5. The van der Waals surface area contributed by atoms with Crippen LogP contribution in [0.4, 0.5) is 13.2 Å². The minimum Gasteiger partial charge on any atom is -0.406 e. The van der Waals surface area contributed by atoms with Crippen molar-refractivity contribution in [1.82, 2.24) is 15.2 Å². The van der Waals surface area contributed by atoms with Gasteiger partial charge in [0.25, 0.3) is 5.91 Å². The van der Waals surface area contributed by atoms with Crippen molar-refractivity contribution in [3.8, 4) is 16.3 Å². The van der Waals surface area contributed by atoms with E-state index in [0.29, 0.717) is 27.7 Å². The molecule has 1 aliphatic heterocycles. The monoisotopic (exact) mass is 427 g/mol. The van der Waals surface area contributed by atoms with Crippen LogP contribution in [0.1, 0.15) is 41.0 Å². The number of hydrogen-bond acceptors (Lipinski definition) is 5. The van der Waals surface area contributed by atoms with Gasteiger partial charge in [-0.25, -0.2) is 4.98 Å². The third kappa shape index (κ3) is 6.43. The zero-order valence-corrected chi connectivity index (χ0v) is 17.0. The second-order valence-electron chi connectivity index (χ2n) is 7.02. The number of carbonyl (C=O) groups excluding carboxylic acids is 1. The molecule has 0 aliphatic carbocycles. The van der Waals surface area contributed by atoms with Crippen molar-refractivity contribution >= 4 is 17.2 Å². The van der Waals surface area contributed by atoms with Crippen LogP contribution in [0.15, 0.2) is 24.3 Å². The van der Waals surface area contributed by atoms with E-state index in [2.05, 4.69) is 19.9 Å². The molecule has 0 saturated carbocycles. The molecule has 9 heteroatoms. The number of carbonyl (C=O) groups is 1. The fraction of sp³-hybridized carbons (Fsp3) is 0.500. The first kappa shape index (κ1) is 21.6. The Kier molecular flexibility index (Phi) is 7.13. The number of nitrogens with zero attached hydrogens (tertiary/aromatic N) is 2. The molecule has 0 radical (unpaired) electrons. The third-order valence-corrected chi connectivity index (χ3v) is 5.91. The molecular formula is C20H24F3N3O2S. The standard InChI is InChI=1S/C20H24F3N3O2S/c1-14-17(18(27)24-9-2-3-10-26-11-4-5-12-26)29-19(25-14)15-7-6-8-16(13-15)28-20(21,22)23/h6-8,13H,2-5,9-12H2,1H3,(H,24,27). The fourth-order valence-corrected chi connectivity index (χ4v) is 4.28. The van der Waals surface area contributed by atoms with Gasteiger partial charge in [0, 0.05) is 12.1 Å². The number of amides is 1. The molecule has 158 valence electrons. The topological polar surface area (TPSA) is 54.5 Å². The maximum absolute atomic E-state index is 12.5. The Bertz CT molecular complexity index is 833. The minimum absolute atomic E-state index is 0.199. The number of halogens is 3. The lowest BCUT2D eigenvalue weighted by Crippen LogP contribution is -2.26. The molecular weight excluding hydrogens is 403 g/mol. The number of aromatic nitrogens is 1. The number of alkyl halides is 3. The Balaban J connectivity index is 1.55. The second-order valence-corrected chi connectivity index (χ2v) is 8.02. The number of rotatable bonds is 8. The first-order valence-electron chi connectivity index (χ1n) is 9.66. The van der Waals surface area contributed by atoms with Crippen molar-refractivity contribution in [3.63, 3.8) is 0 Å². The van der Waals surface area contributed by atoms with Crippen LogP contribution in [0.2, 0.25) is 0 Å². The number of likely N-dealkylation sites (tertiary alicyclic amines) is 1. The Hall–Kier alpha value is -2.13. The smallest absolute Gasteiger partial charge is 0.406 e. The van der Waals surface area contributed by atoms with E-state index < -0.39 is 6.36 Å². The van der Waals surface area contributed by atoms with Gasteiger partial charge in [-0.3, -0.25) is 4.79 Å². The molecule has 1 fully saturated rings. The van der Waals surface area contributed by atoms with Gasteiger partial charge in [0.05, 0.1) is 5.69 Å². The fourth-order valence-electron chi connectivity index (χ4n) is 3.31. The maximum Gasteiger partial charge on any atom is 0.573 e. The first-order valence-corrected chi connectivity index (χ1v) is 10.5. The van der Waals surface area contributed by atoms with Crippen LogP contribution in [0.3, 0.4) is 0 Å². The van der Waals surface area contributed by atoms with Gasteiger partial charge in [-0.1, -0.05) is 12.1 Å². The number of thiazole rings is 1. The summed E-state index contributed by atoms with van der Waals surface area (Å²) in [6.07, 6.45) is -0.260. The average Bonchev–Trinajstić information content (AvgIpc) is 3.30. The number of hydrogen-bond donors (Lipinski definition) is 1. The minimum atomic E-state index is -4.75. The molecule has 0 spiro atoms. The highest BCUT2D eigenvalue weighted by Gasteiger charge is 2.31. The zero-order valence-electron chi connectivity index (χ0n) is 16.2. The molecule has 3 rings (SSSR count). The van der Waals surface area contributed by atoms with E-state index in [1.807, 2.05) is 0 Å². The van der Waals surface area contributed by atoms with Gasteiger partial charge >= 0.3 is 6.36 Å². The molecule has 1 saturated heterocycles. The van der Waals surface area contributed by atoms with Crippen LogP contribution < -0.4 is 10.1 Å². The second kappa shape index (κ2) is 9.58. The van der Waals surface area contributed by atoms with E-state index in [-0.39, 0.29) is 11.7 Å². The van der Waals surface area contributed by atoms with Crippen molar-refractivity contribution < 1.29 is 22.7 Å². The van der Waals surface area contributed by atoms with Crippen LogP contribution in [0, 0.1) is 6.92 Å². The van der Waals surface area contributed by atoms with Crippen LogP contribution in [0.5, 0.6) is 5.75 Å². The van der Waals surface area contributed by atoms with E-state index in [1.165, 1.54) is 44.1 Å². The molecule has 0 bridgehead atoms. The van der Waals surface area contributed by atoms with E-state index in [0.717, 1.165) is 30.7 Å². The summed E-state index contributed by atoms with van der Waals surface area (Å²) in [5.74, 6) is -0.512. The Morgan fingerprint density at radius 2 is 2.03 bits per heavy atom. The molecule has 2 aromatic rings. The number of aryl methyl sites for hydroxylation is 1. The molecule has 2 heterocycles. The highest BCUT2D eigenvalue weighted by Crippen LogP contribution is 2.31. The van der Waals surface area contributed by atoms with Gasteiger partial charge in [0.1, 0.15) is 15.6 Å².